The molecule has 1 aliphatic rings. The number of amides is 1. The third kappa shape index (κ3) is 2.79. The Bertz CT molecular complexity index is 1050. The maximum Gasteiger partial charge on any atom is 0.254 e. The first-order chi connectivity index (χ1) is 13.3. The molecule has 1 fully saturated rings. The van der Waals surface area contributed by atoms with Crippen molar-refractivity contribution >= 4 is 16.9 Å². The maximum atomic E-state index is 13.1. The van der Waals surface area contributed by atoms with E-state index < -0.39 is 0 Å². The minimum atomic E-state index is -0.00164. The van der Waals surface area contributed by atoms with E-state index in [0.717, 1.165) is 41.9 Å². The van der Waals surface area contributed by atoms with Gasteiger partial charge in [-0.3, -0.25) is 4.79 Å². The van der Waals surface area contributed by atoms with Crippen LogP contribution in [0.25, 0.3) is 16.7 Å². The van der Waals surface area contributed by atoms with Crippen molar-refractivity contribution in [1.29, 1.82) is 0 Å². The van der Waals surface area contributed by atoms with Crippen LogP contribution in [-0.2, 0) is 0 Å². The molecular weight excluding hydrogens is 338 g/mol. The largest absolute Gasteiger partial charge is 0.340 e. The molecule has 27 heavy (non-hydrogen) atoms. The lowest BCUT2D eigenvalue weighted by atomic mass is 10.1. The van der Waals surface area contributed by atoms with Crippen LogP contribution < -0.4 is 0 Å². The van der Waals surface area contributed by atoms with Crippen molar-refractivity contribution in [2.24, 2.45) is 0 Å². The van der Waals surface area contributed by atoms with Crippen molar-refractivity contribution in [3.8, 4) is 5.69 Å². The summed E-state index contributed by atoms with van der Waals surface area (Å²) in [6.45, 7) is 0.754. The quantitative estimate of drug-likeness (QED) is 0.607. The fourth-order valence-corrected chi connectivity index (χ4v) is 3.78. The molecule has 4 aromatic rings. The predicted octanol–water partition coefficient (Wildman–Crippen LogP) is 3.73. The Kier molecular flexibility index (Phi) is 3.74. The Morgan fingerprint density at radius 1 is 1.11 bits per heavy atom. The van der Waals surface area contributed by atoms with E-state index in [2.05, 4.69) is 9.97 Å². The highest BCUT2D eigenvalue weighted by Crippen LogP contribution is 2.32. The third-order valence-corrected chi connectivity index (χ3v) is 5.15. The molecule has 0 aliphatic carbocycles. The number of rotatable bonds is 3. The smallest absolute Gasteiger partial charge is 0.254 e. The van der Waals surface area contributed by atoms with Crippen molar-refractivity contribution in [3.63, 3.8) is 0 Å². The number of fused-ring (bicyclic) bond motifs is 1. The molecule has 0 bridgehead atoms. The van der Waals surface area contributed by atoms with Crippen molar-refractivity contribution in [1.82, 2.24) is 24.4 Å². The van der Waals surface area contributed by atoms with Crippen LogP contribution in [0.1, 0.15) is 35.1 Å². The van der Waals surface area contributed by atoms with Gasteiger partial charge in [-0.15, -0.1) is 0 Å². The van der Waals surface area contributed by atoms with E-state index in [1.807, 2.05) is 64.2 Å². The van der Waals surface area contributed by atoms with Gasteiger partial charge in [0.1, 0.15) is 5.82 Å². The zero-order valence-electron chi connectivity index (χ0n) is 14.7. The highest BCUT2D eigenvalue weighted by atomic mass is 16.2. The summed E-state index contributed by atoms with van der Waals surface area (Å²) in [6.07, 6.45) is 7.28. The third-order valence-electron chi connectivity index (χ3n) is 5.15. The molecule has 1 atom stereocenters. The summed E-state index contributed by atoms with van der Waals surface area (Å²) in [7, 11) is 0. The van der Waals surface area contributed by atoms with Gasteiger partial charge in [0.15, 0.2) is 0 Å². The second-order valence-electron chi connectivity index (χ2n) is 6.81. The van der Waals surface area contributed by atoms with Crippen molar-refractivity contribution in [2.75, 3.05) is 6.54 Å². The summed E-state index contributed by atoms with van der Waals surface area (Å²) in [4.78, 5) is 27.2. The number of para-hydroxylation sites is 2. The molecule has 0 spiro atoms. The van der Waals surface area contributed by atoms with Crippen LogP contribution in [0.15, 0.2) is 67.3 Å². The molecule has 0 radical (unpaired) electrons. The number of likely N-dealkylation sites (tertiary alicyclic amines) is 1. The first-order valence-electron chi connectivity index (χ1n) is 9.13. The number of hydrogen-bond donors (Lipinski definition) is 1. The second kappa shape index (κ2) is 6.39. The minimum Gasteiger partial charge on any atom is -0.340 e. The van der Waals surface area contributed by atoms with Crippen molar-refractivity contribution < 1.29 is 4.79 Å². The standard InChI is InChI=1S/C21H19N5O/c27-21(15-7-9-16(10-8-15)25-13-11-22-14-25)26-12-3-6-19(26)20-23-17-4-1-2-5-18(17)24-20/h1-2,4-5,7-11,13-14,19H,3,6,12H2,(H,23,24). The fourth-order valence-electron chi connectivity index (χ4n) is 3.78. The average molecular weight is 357 g/mol. The molecule has 1 saturated heterocycles. The first-order valence-corrected chi connectivity index (χ1v) is 9.13. The Morgan fingerprint density at radius 3 is 2.74 bits per heavy atom. The van der Waals surface area contributed by atoms with Crippen molar-refractivity contribution in [2.45, 2.75) is 18.9 Å². The van der Waals surface area contributed by atoms with Gasteiger partial charge in [-0.05, 0) is 49.2 Å². The topological polar surface area (TPSA) is 66.8 Å². The first kappa shape index (κ1) is 15.8. The Balaban J connectivity index is 1.41. The highest BCUT2D eigenvalue weighted by molar-refractivity contribution is 5.95. The minimum absolute atomic E-state index is 0.00164. The molecule has 2 aromatic heterocycles. The summed E-state index contributed by atoms with van der Waals surface area (Å²) >= 11 is 0. The Hall–Kier alpha value is -3.41. The number of imidazole rings is 2. The van der Waals surface area contributed by atoms with E-state index in [4.69, 9.17) is 4.98 Å². The Labute approximate surface area is 156 Å². The molecule has 2 aromatic carbocycles. The van der Waals surface area contributed by atoms with E-state index in [1.165, 1.54) is 0 Å². The molecule has 1 unspecified atom stereocenters. The van der Waals surface area contributed by atoms with E-state index in [1.54, 1.807) is 12.5 Å². The molecular formula is C21H19N5O. The van der Waals surface area contributed by atoms with Crippen LogP contribution in [0.3, 0.4) is 0 Å². The molecule has 6 heteroatoms. The number of carbonyl (C=O) groups excluding carboxylic acids is 1. The average Bonchev–Trinajstić information content (AvgIpc) is 3.47. The van der Waals surface area contributed by atoms with Gasteiger partial charge in [-0.25, -0.2) is 9.97 Å². The summed E-state index contributed by atoms with van der Waals surface area (Å²) in [5.74, 6) is 0.923. The lowest BCUT2D eigenvalue weighted by Gasteiger charge is -2.23. The van der Waals surface area contributed by atoms with Crippen LogP contribution >= 0.6 is 0 Å². The Morgan fingerprint density at radius 2 is 1.96 bits per heavy atom. The van der Waals surface area contributed by atoms with E-state index in [9.17, 15) is 4.79 Å². The van der Waals surface area contributed by atoms with Crippen LogP contribution in [-0.4, -0.2) is 36.9 Å². The number of nitrogens with one attached hydrogen (secondary N) is 1. The second-order valence-corrected chi connectivity index (χ2v) is 6.81. The lowest BCUT2D eigenvalue weighted by Crippen LogP contribution is -2.31. The molecule has 0 saturated carbocycles. The summed E-state index contributed by atoms with van der Waals surface area (Å²) in [5.41, 5.74) is 3.63. The molecule has 1 N–H and O–H groups in total. The predicted molar refractivity (Wildman–Crippen MR) is 103 cm³/mol. The number of carbonyl (C=O) groups is 1. The molecule has 1 amide bonds. The summed E-state index contributed by atoms with van der Waals surface area (Å²) in [6, 6.07) is 15.6. The summed E-state index contributed by atoms with van der Waals surface area (Å²) < 4.78 is 1.92. The number of H-pyrrole nitrogens is 1. The van der Waals surface area contributed by atoms with Crippen LogP contribution in [0.4, 0.5) is 0 Å². The molecule has 3 heterocycles. The van der Waals surface area contributed by atoms with Gasteiger partial charge < -0.3 is 14.5 Å². The summed E-state index contributed by atoms with van der Waals surface area (Å²) in [5, 5.41) is 0. The number of hydrogen-bond acceptors (Lipinski definition) is 3. The number of benzene rings is 2. The lowest BCUT2D eigenvalue weighted by molar-refractivity contribution is 0.0730. The SMILES string of the molecule is O=C(c1ccc(-n2ccnc2)cc1)N1CCCC1c1nc2ccccc2[nH]1. The van der Waals surface area contributed by atoms with Gasteiger partial charge in [0, 0.05) is 30.2 Å². The monoisotopic (exact) mass is 357 g/mol. The number of aromatic amines is 1. The highest BCUT2D eigenvalue weighted by Gasteiger charge is 2.32. The molecule has 1 aliphatic heterocycles. The molecule has 5 rings (SSSR count). The van der Waals surface area contributed by atoms with Crippen LogP contribution in [0.5, 0.6) is 0 Å². The normalized spacial score (nSPS) is 16.9. The van der Waals surface area contributed by atoms with Gasteiger partial charge >= 0.3 is 0 Å². The van der Waals surface area contributed by atoms with Gasteiger partial charge in [-0.1, -0.05) is 12.1 Å². The van der Waals surface area contributed by atoms with Gasteiger partial charge in [0.25, 0.3) is 5.91 Å². The van der Waals surface area contributed by atoms with Crippen LogP contribution in [0.2, 0.25) is 0 Å². The van der Waals surface area contributed by atoms with Crippen molar-refractivity contribution in [3.05, 3.63) is 78.6 Å². The van der Waals surface area contributed by atoms with Crippen LogP contribution in [0, 0.1) is 0 Å². The zero-order chi connectivity index (χ0) is 18.2. The number of aromatic nitrogens is 4. The fraction of sp³-hybridized carbons (Fsp3) is 0.190. The van der Waals surface area contributed by atoms with Gasteiger partial charge in [0.05, 0.1) is 23.4 Å². The molecule has 134 valence electrons. The van der Waals surface area contributed by atoms with Gasteiger partial charge in [-0.2, -0.15) is 0 Å². The van der Waals surface area contributed by atoms with E-state index >= 15 is 0 Å². The zero-order valence-corrected chi connectivity index (χ0v) is 14.7. The molecule has 6 nitrogen and oxygen atoms in total. The maximum absolute atomic E-state index is 13.1. The van der Waals surface area contributed by atoms with Gasteiger partial charge in [0.2, 0.25) is 0 Å². The van der Waals surface area contributed by atoms with E-state index in [-0.39, 0.29) is 11.9 Å². The van der Waals surface area contributed by atoms with E-state index in [0.29, 0.717) is 5.56 Å². The number of nitrogens with zero attached hydrogens (tertiary/aromatic N) is 4.